The number of hydrogen-bond acceptors (Lipinski definition) is 7. The SMILES string of the molecule is CCS[C@H]1[C@@H](OCc2ccccc2)[C@H](OC(C)=O)[C@@H](COCc2ccccc2)O[C@H]1N. The monoisotopic (exact) mass is 445 g/mol. The average molecular weight is 446 g/mol. The molecule has 0 amide bonds. The fourth-order valence-corrected chi connectivity index (χ4v) is 4.68. The smallest absolute Gasteiger partial charge is 0.303 e. The van der Waals surface area contributed by atoms with Gasteiger partial charge in [0.2, 0.25) is 0 Å². The van der Waals surface area contributed by atoms with Crippen molar-refractivity contribution in [2.24, 2.45) is 5.73 Å². The molecule has 7 heteroatoms. The van der Waals surface area contributed by atoms with E-state index < -0.39 is 24.5 Å². The quantitative estimate of drug-likeness (QED) is 0.561. The summed E-state index contributed by atoms with van der Waals surface area (Å²) in [5.41, 5.74) is 8.47. The Labute approximate surface area is 188 Å². The molecule has 31 heavy (non-hydrogen) atoms. The van der Waals surface area contributed by atoms with Crippen molar-refractivity contribution in [3.8, 4) is 0 Å². The van der Waals surface area contributed by atoms with Crippen LogP contribution in [0.25, 0.3) is 0 Å². The molecule has 5 atom stereocenters. The van der Waals surface area contributed by atoms with E-state index in [-0.39, 0.29) is 17.8 Å². The molecule has 1 aliphatic rings. The highest BCUT2D eigenvalue weighted by Gasteiger charge is 2.47. The van der Waals surface area contributed by atoms with Crippen LogP contribution in [0.4, 0.5) is 0 Å². The van der Waals surface area contributed by atoms with Gasteiger partial charge in [0, 0.05) is 6.92 Å². The minimum atomic E-state index is -0.610. The van der Waals surface area contributed by atoms with Gasteiger partial charge in [0.15, 0.2) is 6.10 Å². The summed E-state index contributed by atoms with van der Waals surface area (Å²) >= 11 is 1.65. The molecule has 0 bridgehead atoms. The highest BCUT2D eigenvalue weighted by atomic mass is 32.2. The van der Waals surface area contributed by atoms with Crippen LogP contribution < -0.4 is 5.73 Å². The number of rotatable bonds is 10. The molecule has 1 fully saturated rings. The zero-order chi connectivity index (χ0) is 22.1. The molecule has 2 aromatic rings. The first kappa shape index (κ1) is 23.8. The zero-order valence-corrected chi connectivity index (χ0v) is 18.8. The van der Waals surface area contributed by atoms with Gasteiger partial charge in [-0.1, -0.05) is 67.6 Å². The Balaban J connectivity index is 1.73. The van der Waals surface area contributed by atoms with E-state index in [2.05, 4.69) is 6.92 Å². The van der Waals surface area contributed by atoms with Crippen LogP contribution in [0.2, 0.25) is 0 Å². The second-order valence-electron chi connectivity index (χ2n) is 7.40. The zero-order valence-electron chi connectivity index (χ0n) is 18.0. The summed E-state index contributed by atoms with van der Waals surface area (Å²) in [6.45, 7) is 4.53. The molecule has 0 saturated carbocycles. The number of carbonyl (C=O) groups is 1. The molecule has 2 N–H and O–H groups in total. The van der Waals surface area contributed by atoms with Gasteiger partial charge < -0.3 is 24.7 Å². The highest BCUT2D eigenvalue weighted by Crippen LogP contribution is 2.33. The topological polar surface area (TPSA) is 80.0 Å². The van der Waals surface area contributed by atoms with Crippen molar-refractivity contribution in [2.45, 2.75) is 56.9 Å². The largest absolute Gasteiger partial charge is 0.457 e. The summed E-state index contributed by atoms with van der Waals surface area (Å²) in [7, 11) is 0. The number of hydrogen-bond donors (Lipinski definition) is 1. The lowest BCUT2D eigenvalue weighted by Gasteiger charge is -2.44. The van der Waals surface area contributed by atoms with Gasteiger partial charge in [-0.05, 0) is 16.9 Å². The van der Waals surface area contributed by atoms with Gasteiger partial charge in [0.1, 0.15) is 18.4 Å². The van der Waals surface area contributed by atoms with Crippen LogP contribution >= 0.6 is 11.8 Å². The van der Waals surface area contributed by atoms with Gasteiger partial charge in [-0.2, -0.15) is 11.8 Å². The third-order valence-corrected chi connectivity index (χ3v) is 6.26. The van der Waals surface area contributed by atoms with Crippen molar-refractivity contribution in [1.82, 2.24) is 0 Å². The summed E-state index contributed by atoms with van der Waals surface area (Å²) in [5.74, 6) is 0.459. The molecule has 6 nitrogen and oxygen atoms in total. The molecule has 0 aromatic heterocycles. The lowest BCUT2D eigenvalue weighted by atomic mass is 9.99. The van der Waals surface area contributed by atoms with E-state index in [9.17, 15) is 4.79 Å². The van der Waals surface area contributed by atoms with Crippen LogP contribution in [0.15, 0.2) is 60.7 Å². The van der Waals surface area contributed by atoms with Gasteiger partial charge in [0.25, 0.3) is 0 Å². The third kappa shape index (κ3) is 7.05. The summed E-state index contributed by atoms with van der Waals surface area (Å²) in [4.78, 5) is 11.9. The van der Waals surface area contributed by atoms with E-state index in [1.807, 2.05) is 60.7 Å². The van der Waals surface area contributed by atoms with E-state index in [4.69, 9.17) is 24.7 Å². The summed E-state index contributed by atoms with van der Waals surface area (Å²) < 4.78 is 23.9. The van der Waals surface area contributed by atoms with Crippen LogP contribution in [0.5, 0.6) is 0 Å². The number of thioether (sulfide) groups is 1. The Bertz CT molecular complexity index is 791. The van der Waals surface area contributed by atoms with Crippen molar-refractivity contribution in [1.29, 1.82) is 0 Å². The van der Waals surface area contributed by atoms with Gasteiger partial charge in [-0.25, -0.2) is 0 Å². The molecule has 1 saturated heterocycles. The summed E-state index contributed by atoms with van der Waals surface area (Å²) in [6.07, 6.45) is -2.09. The molecule has 0 radical (unpaired) electrons. The number of benzene rings is 2. The van der Waals surface area contributed by atoms with Crippen LogP contribution in [-0.2, 0) is 37.0 Å². The van der Waals surface area contributed by atoms with E-state index in [1.165, 1.54) is 6.92 Å². The highest BCUT2D eigenvalue weighted by molar-refractivity contribution is 8.00. The van der Waals surface area contributed by atoms with Gasteiger partial charge in [-0.3, -0.25) is 4.79 Å². The number of carbonyl (C=O) groups excluding carboxylic acids is 1. The van der Waals surface area contributed by atoms with Crippen molar-refractivity contribution in [3.05, 3.63) is 71.8 Å². The molecule has 0 spiro atoms. The first-order valence-corrected chi connectivity index (χ1v) is 11.6. The molecule has 0 aliphatic carbocycles. The molecule has 2 aromatic carbocycles. The number of nitrogens with two attached hydrogens (primary N) is 1. The normalized spacial score (nSPS) is 25.8. The van der Waals surface area contributed by atoms with E-state index >= 15 is 0 Å². The van der Waals surface area contributed by atoms with E-state index in [1.54, 1.807) is 11.8 Å². The van der Waals surface area contributed by atoms with Crippen molar-refractivity contribution >= 4 is 17.7 Å². The Kier molecular flexibility index (Phi) is 9.36. The number of ether oxygens (including phenoxy) is 4. The predicted octanol–water partition coefficient (Wildman–Crippen LogP) is 3.53. The second-order valence-corrected chi connectivity index (χ2v) is 8.85. The summed E-state index contributed by atoms with van der Waals surface area (Å²) in [5, 5.41) is -0.163. The van der Waals surface area contributed by atoms with E-state index in [0.29, 0.717) is 13.2 Å². The Hall–Kier alpha value is -1.90. The lowest BCUT2D eigenvalue weighted by molar-refractivity contribution is -0.213. The second kappa shape index (κ2) is 12.2. The van der Waals surface area contributed by atoms with Crippen LogP contribution in [0.3, 0.4) is 0 Å². The molecule has 0 unspecified atom stereocenters. The summed E-state index contributed by atoms with van der Waals surface area (Å²) in [6, 6.07) is 19.8. The fraction of sp³-hybridized carbons (Fsp3) is 0.458. The Morgan fingerprint density at radius 3 is 2.19 bits per heavy atom. The molecule has 1 aliphatic heterocycles. The first-order valence-electron chi connectivity index (χ1n) is 10.6. The molecular weight excluding hydrogens is 414 g/mol. The van der Waals surface area contributed by atoms with Crippen molar-refractivity contribution in [3.63, 3.8) is 0 Å². The van der Waals surface area contributed by atoms with Crippen LogP contribution in [0, 0.1) is 0 Å². The molecule has 1 heterocycles. The Morgan fingerprint density at radius 1 is 1.00 bits per heavy atom. The van der Waals surface area contributed by atoms with Crippen LogP contribution in [0.1, 0.15) is 25.0 Å². The standard InChI is InChI=1S/C24H31NO5S/c1-3-31-23-22(28-15-19-12-8-5-9-13-19)21(29-17(2)26)20(30-24(23)25)16-27-14-18-10-6-4-7-11-18/h4-13,20-24H,3,14-16,25H2,1-2H3/t20-,21-,22+,23+,24-/m1/s1. The third-order valence-electron chi connectivity index (χ3n) is 5.01. The lowest BCUT2D eigenvalue weighted by Crippen LogP contribution is -2.62. The van der Waals surface area contributed by atoms with Gasteiger partial charge in [0.05, 0.1) is 25.1 Å². The van der Waals surface area contributed by atoms with Crippen LogP contribution in [-0.4, -0.2) is 48.1 Å². The van der Waals surface area contributed by atoms with Crippen molar-refractivity contribution < 1.29 is 23.7 Å². The minimum Gasteiger partial charge on any atom is -0.457 e. The maximum atomic E-state index is 11.9. The molecular formula is C24H31NO5S. The van der Waals surface area contributed by atoms with Gasteiger partial charge in [-0.15, -0.1) is 0 Å². The maximum Gasteiger partial charge on any atom is 0.303 e. The number of esters is 1. The van der Waals surface area contributed by atoms with Gasteiger partial charge >= 0.3 is 5.97 Å². The van der Waals surface area contributed by atoms with E-state index in [0.717, 1.165) is 16.9 Å². The fourth-order valence-electron chi connectivity index (χ4n) is 3.62. The molecule has 3 rings (SSSR count). The maximum absolute atomic E-state index is 11.9. The molecule has 168 valence electrons. The minimum absolute atomic E-state index is 0.163. The predicted molar refractivity (Wildman–Crippen MR) is 121 cm³/mol. The Morgan fingerprint density at radius 2 is 1.61 bits per heavy atom. The first-order chi connectivity index (χ1) is 15.1. The average Bonchev–Trinajstić information content (AvgIpc) is 2.77. The van der Waals surface area contributed by atoms with Crippen molar-refractivity contribution in [2.75, 3.05) is 12.4 Å².